The van der Waals surface area contributed by atoms with Gasteiger partial charge in [-0.25, -0.2) is 4.68 Å². The van der Waals surface area contributed by atoms with Crippen molar-refractivity contribution < 1.29 is 9.90 Å². The highest BCUT2D eigenvalue weighted by Gasteiger charge is 2.29. The van der Waals surface area contributed by atoms with Crippen molar-refractivity contribution in [1.82, 2.24) is 19.9 Å². The Morgan fingerprint density at radius 2 is 1.79 bits per heavy atom. The van der Waals surface area contributed by atoms with E-state index in [0.29, 0.717) is 31.2 Å². The molecule has 28 heavy (non-hydrogen) atoms. The summed E-state index contributed by atoms with van der Waals surface area (Å²) in [4.78, 5) is 14.7. The van der Waals surface area contributed by atoms with Gasteiger partial charge >= 0.3 is 0 Å². The molecule has 6 heteroatoms. The van der Waals surface area contributed by atoms with E-state index in [2.05, 4.69) is 22.4 Å². The topological polar surface area (TPSA) is 71.2 Å². The maximum Gasteiger partial charge on any atom is 0.276 e. The lowest BCUT2D eigenvalue weighted by Crippen LogP contribution is -2.41. The van der Waals surface area contributed by atoms with Crippen molar-refractivity contribution in [2.75, 3.05) is 13.1 Å². The van der Waals surface area contributed by atoms with Crippen molar-refractivity contribution >= 4 is 5.91 Å². The van der Waals surface area contributed by atoms with Gasteiger partial charge in [0.25, 0.3) is 5.91 Å². The quantitative estimate of drug-likeness (QED) is 0.862. The highest BCUT2D eigenvalue weighted by atomic mass is 16.3. The minimum absolute atomic E-state index is 0.0296. The smallest absolute Gasteiger partial charge is 0.276 e. The van der Waals surface area contributed by atoms with Crippen LogP contribution in [0.1, 0.15) is 67.0 Å². The Labute approximate surface area is 166 Å². The second-order valence-electron chi connectivity index (χ2n) is 8.26. The second-order valence-corrected chi connectivity index (χ2v) is 8.26. The average molecular weight is 383 g/mol. The van der Waals surface area contributed by atoms with E-state index in [1.54, 1.807) is 0 Å². The molecule has 1 amide bonds. The number of amides is 1. The fourth-order valence-corrected chi connectivity index (χ4v) is 4.57. The number of aromatic nitrogens is 3. The first-order chi connectivity index (χ1) is 13.7. The SMILES string of the molecule is O=C(c1cn(C2CCCCC2)nn1)N1CCC([C@@H](O)Cc2ccccc2)CC1. The summed E-state index contributed by atoms with van der Waals surface area (Å²) in [6.45, 7) is 1.34. The zero-order chi connectivity index (χ0) is 19.3. The number of likely N-dealkylation sites (tertiary alicyclic amines) is 1. The van der Waals surface area contributed by atoms with Gasteiger partial charge in [-0.3, -0.25) is 4.79 Å². The molecule has 1 aromatic carbocycles. The van der Waals surface area contributed by atoms with Crippen molar-refractivity contribution in [2.24, 2.45) is 5.92 Å². The van der Waals surface area contributed by atoms with Gasteiger partial charge in [0.05, 0.1) is 18.3 Å². The third kappa shape index (κ3) is 4.43. The molecule has 150 valence electrons. The predicted molar refractivity (Wildman–Crippen MR) is 107 cm³/mol. The summed E-state index contributed by atoms with van der Waals surface area (Å²) in [7, 11) is 0. The third-order valence-electron chi connectivity index (χ3n) is 6.34. The van der Waals surface area contributed by atoms with Gasteiger partial charge in [0.1, 0.15) is 0 Å². The molecule has 2 heterocycles. The number of aliphatic hydroxyl groups is 1. The monoisotopic (exact) mass is 382 g/mol. The lowest BCUT2D eigenvalue weighted by Gasteiger charge is -2.34. The molecule has 0 spiro atoms. The first kappa shape index (κ1) is 19.1. The minimum Gasteiger partial charge on any atom is -0.392 e. The molecule has 4 rings (SSSR count). The van der Waals surface area contributed by atoms with Crippen LogP contribution in [0.4, 0.5) is 0 Å². The largest absolute Gasteiger partial charge is 0.392 e. The van der Waals surface area contributed by atoms with Gasteiger partial charge in [-0.05, 0) is 43.6 Å². The fraction of sp³-hybridized carbons (Fsp3) is 0.591. The number of carbonyl (C=O) groups excluding carboxylic acids is 1. The number of piperidine rings is 1. The Hall–Kier alpha value is -2.21. The summed E-state index contributed by atoms with van der Waals surface area (Å²) < 4.78 is 1.89. The summed E-state index contributed by atoms with van der Waals surface area (Å²) in [6.07, 6.45) is 9.81. The van der Waals surface area contributed by atoms with Crippen LogP contribution >= 0.6 is 0 Å². The van der Waals surface area contributed by atoms with E-state index in [1.807, 2.05) is 34.0 Å². The minimum atomic E-state index is -0.355. The number of hydrogen-bond acceptors (Lipinski definition) is 4. The molecule has 1 aliphatic heterocycles. The number of carbonyl (C=O) groups is 1. The first-order valence-corrected chi connectivity index (χ1v) is 10.6. The molecule has 6 nitrogen and oxygen atoms in total. The van der Waals surface area contributed by atoms with E-state index in [9.17, 15) is 9.90 Å². The van der Waals surface area contributed by atoms with Gasteiger partial charge < -0.3 is 10.0 Å². The number of hydrogen-bond donors (Lipinski definition) is 1. The van der Waals surface area contributed by atoms with E-state index < -0.39 is 0 Å². The number of nitrogens with zero attached hydrogens (tertiary/aromatic N) is 4. The van der Waals surface area contributed by atoms with E-state index in [-0.39, 0.29) is 17.9 Å². The van der Waals surface area contributed by atoms with Gasteiger partial charge in [0, 0.05) is 13.1 Å². The van der Waals surface area contributed by atoms with E-state index in [0.717, 1.165) is 31.2 Å². The van der Waals surface area contributed by atoms with Crippen molar-refractivity contribution in [3.05, 3.63) is 47.8 Å². The molecule has 1 saturated carbocycles. The first-order valence-electron chi connectivity index (χ1n) is 10.6. The lowest BCUT2D eigenvalue weighted by atomic mass is 9.88. The molecule has 2 aromatic rings. The second kappa shape index (κ2) is 8.86. The lowest BCUT2D eigenvalue weighted by molar-refractivity contribution is 0.0463. The van der Waals surface area contributed by atoms with Crippen LogP contribution in [0, 0.1) is 5.92 Å². The number of aliphatic hydroxyl groups excluding tert-OH is 1. The van der Waals surface area contributed by atoms with E-state index in [4.69, 9.17) is 0 Å². The highest BCUT2D eigenvalue weighted by Crippen LogP contribution is 2.28. The van der Waals surface area contributed by atoms with Crippen molar-refractivity contribution in [3.63, 3.8) is 0 Å². The Kier molecular flexibility index (Phi) is 6.05. The van der Waals surface area contributed by atoms with Crippen LogP contribution < -0.4 is 0 Å². The van der Waals surface area contributed by atoms with Crippen LogP contribution in [-0.2, 0) is 6.42 Å². The Bertz CT molecular complexity index is 762. The zero-order valence-corrected chi connectivity index (χ0v) is 16.4. The van der Waals surface area contributed by atoms with Crippen LogP contribution in [0.3, 0.4) is 0 Å². The standard InChI is InChI=1S/C22H30N4O2/c27-21(15-17-7-3-1-4-8-17)18-11-13-25(14-12-18)22(28)20-16-26(24-23-20)19-9-5-2-6-10-19/h1,3-4,7-8,16,18-19,21,27H,2,5-6,9-15H2/t21-/m0/s1. The van der Waals surface area contributed by atoms with E-state index in [1.165, 1.54) is 19.3 Å². The van der Waals surface area contributed by atoms with Crippen LogP contribution in [0.2, 0.25) is 0 Å². The Morgan fingerprint density at radius 1 is 1.07 bits per heavy atom. The molecule has 1 N–H and O–H groups in total. The van der Waals surface area contributed by atoms with Crippen molar-refractivity contribution in [1.29, 1.82) is 0 Å². The molecular weight excluding hydrogens is 352 g/mol. The molecule has 1 atom stereocenters. The number of rotatable bonds is 5. The highest BCUT2D eigenvalue weighted by molar-refractivity contribution is 5.92. The van der Waals surface area contributed by atoms with Gasteiger partial charge in [0.15, 0.2) is 5.69 Å². The van der Waals surface area contributed by atoms with Gasteiger partial charge in [-0.2, -0.15) is 0 Å². The van der Waals surface area contributed by atoms with Crippen molar-refractivity contribution in [2.45, 2.75) is 63.5 Å². The molecular formula is C22H30N4O2. The van der Waals surface area contributed by atoms with Crippen molar-refractivity contribution in [3.8, 4) is 0 Å². The van der Waals surface area contributed by atoms with Crippen LogP contribution in [0.5, 0.6) is 0 Å². The normalized spacial score (nSPS) is 20.2. The van der Waals surface area contributed by atoms with Crippen LogP contribution in [0.25, 0.3) is 0 Å². The summed E-state index contributed by atoms with van der Waals surface area (Å²) in [6, 6.07) is 10.5. The molecule has 2 fully saturated rings. The summed E-state index contributed by atoms with van der Waals surface area (Å²) in [5, 5.41) is 19.0. The van der Waals surface area contributed by atoms with Crippen LogP contribution in [0.15, 0.2) is 36.5 Å². The molecule has 2 aliphatic rings. The predicted octanol–water partition coefficient (Wildman–Crippen LogP) is 3.24. The Balaban J connectivity index is 1.29. The maximum atomic E-state index is 12.8. The average Bonchev–Trinajstić information content (AvgIpc) is 3.25. The zero-order valence-electron chi connectivity index (χ0n) is 16.4. The van der Waals surface area contributed by atoms with Gasteiger partial charge in [0.2, 0.25) is 0 Å². The summed E-state index contributed by atoms with van der Waals surface area (Å²) in [5.74, 6) is 0.209. The Morgan fingerprint density at radius 3 is 2.50 bits per heavy atom. The molecule has 1 aromatic heterocycles. The maximum absolute atomic E-state index is 12.8. The number of benzene rings is 1. The molecule has 0 unspecified atom stereocenters. The molecule has 1 aliphatic carbocycles. The van der Waals surface area contributed by atoms with Crippen LogP contribution in [-0.4, -0.2) is 50.1 Å². The van der Waals surface area contributed by atoms with E-state index >= 15 is 0 Å². The van der Waals surface area contributed by atoms with Gasteiger partial charge in [-0.15, -0.1) is 5.10 Å². The van der Waals surface area contributed by atoms with Gasteiger partial charge in [-0.1, -0.05) is 54.8 Å². The molecule has 0 bridgehead atoms. The fourth-order valence-electron chi connectivity index (χ4n) is 4.57. The summed E-state index contributed by atoms with van der Waals surface area (Å²) >= 11 is 0. The molecule has 1 saturated heterocycles. The third-order valence-corrected chi connectivity index (χ3v) is 6.34. The summed E-state index contributed by atoms with van der Waals surface area (Å²) in [5.41, 5.74) is 1.61. The molecule has 0 radical (unpaired) electrons.